The third-order valence-electron chi connectivity index (χ3n) is 5.63. The van der Waals surface area contributed by atoms with Gasteiger partial charge in [0.1, 0.15) is 0 Å². The van der Waals surface area contributed by atoms with Crippen molar-refractivity contribution in [1.82, 2.24) is 4.31 Å². The highest BCUT2D eigenvalue weighted by Gasteiger charge is 2.31. The van der Waals surface area contributed by atoms with Gasteiger partial charge in [-0.25, -0.2) is 16.8 Å². The summed E-state index contributed by atoms with van der Waals surface area (Å²) in [6.45, 7) is 7.26. The first-order valence-electron chi connectivity index (χ1n) is 10.8. The van der Waals surface area contributed by atoms with E-state index in [0.29, 0.717) is 30.6 Å². The van der Waals surface area contributed by atoms with E-state index in [1.54, 1.807) is 12.1 Å². The number of benzene rings is 2. The molecule has 0 aliphatic carbocycles. The summed E-state index contributed by atoms with van der Waals surface area (Å²) in [4.78, 5) is 0.359. The molecule has 1 aliphatic rings. The second-order valence-corrected chi connectivity index (χ2v) is 12.3. The van der Waals surface area contributed by atoms with E-state index in [9.17, 15) is 16.8 Å². The van der Waals surface area contributed by atoms with Crippen LogP contribution in [-0.2, 0) is 26.5 Å². The Hall–Kier alpha value is -1.90. The summed E-state index contributed by atoms with van der Waals surface area (Å²) in [6, 6.07) is 12.8. The molecule has 1 N–H and O–H groups in total. The van der Waals surface area contributed by atoms with Crippen molar-refractivity contribution in [3.05, 3.63) is 54.1 Å². The maximum absolute atomic E-state index is 13.0. The van der Waals surface area contributed by atoms with Gasteiger partial charge in [-0.1, -0.05) is 39.3 Å². The molecule has 0 amide bonds. The lowest BCUT2D eigenvalue weighted by atomic mass is 9.94. The van der Waals surface area contributed by atoms with Gasteiger partial charge >= 0.3 is 0 Å². The molecule has 0 aromatic heterocycles. The van der Waals surface area contributed by atoms with Crippen molar-refractivity contribution in [1.29, 1.82) is 0 Å². The fourth-order valence-electron chi connectivity index (χ4n) is 4.08. The van der Waals surface area contributed by atoms with Crippen LogP contribution in [0.4, 0.5) is 5.69 Å². The molecule has 2 unspecified atom stereocenters. The molecule has 170 valence electrons. The summed E-state index contributed by atoms with van der Waals surface area (Å²) in [5.74, 6) is 0.635. The second kappa shape index (κ2) is 9.71. The first kappa shape index (κ1) is 23.8. The number of piperidine rings is 1. The zero-order valence-corrected chi connectivity index (χ0v) is 20.0. The van der Waals surface area contributed by atoms with Gasteiger partial charge in [-0.2, -0.15) is 4.31 Å². The standard InChI is InChI=1S/C23H32N2O4S2/c1-4-5-6-20-7-11-22(12-8-20)30(26,27)24-21-9-13-23(14-10-21)31(28,29)25-16-18(2)15-19(3)17-25/h7-14,18-19,24H,4-6,15-17H2,1-3H3. The van der Waals surface area contributed by atoms with Gasteiger partial charge in [0, 0.05) is 18.8 Å². The zero-order chi connectivity index (χ0) is 22.6. The van der Waals surface area contributed by atoms with Crippen LogP contribution in [0.2, 0.25) is 0 Å². The average Bonchev–Trinajstić information content (AvgIpc) is 2.72. The highest BCUT2D eigenvalue weighted by atomic mass is 32.2. The molecule has 1 fully saturated rings. The summed E-state index contributed by atoms with van der Waals surface area (Å²) in [6.07, 6.45) is 4.10. The predicted octanol–water partition coefficient (Wildman–Crippen LogP) is 4.50. The van der Waals surface area contributed by atoms with Crippen molar-refractivity contribution in [2.45, 2.75) is 56.2 Å². The fourth-order valence-corrected chi connectivity index (χ4v) is 6.81. The Morgan fingerprint density at radius 2 is 1.42 bits per heavy atom. The molecule has 0 saturated carbocycles. The largest absolute Gasteiger partial charge is 0.280 e. The number of hydrogen-bond donors (Lipinski definition) is 1. The molecule has 1 aliphatic heterocycles. The molecule has 2 aromatic rings. The summed E-state index contributed by atoms with van der Waals surface area (Å²) < 4.78 is 55.4. The van der Waals surface area contributed by atoms with Gasteiger partial charge in [0.25, 0.3) is 10.0 Å². The number of rotatable bonds is 8. The molecule has 1 saturated heterocycles. The van der Waals surface area contributed by atoms with Crippen LogP contribution in [0.3, 0.4) is 0 Å². The summed E-state index contributed by atoms with van der Waals surface area (Å²) in [5, 5.41) is 0. The first-order chi connectivity index (χ1) is 14.6. The summed E-state index contributed by atoms with van der Waals surface area (Å²) >= 11 is 0. The smallest absolute Gasteiger partial charge is 0.261 e. The molecule has 0 spiro atoms. The highest BCUT2D eigenvalue weighted by molar-refractivity contribution is 7.92. The third kappa shape index (κ3) is 5.87. The van der Waals surface area contributed by atoms with Crippen molar-refractivity contribution in [3.63, 3.8) is 0 Å². The van der Waals surface area contributed by atoms with E-state index in [1.165, 1.54) is 28.6 Å². The van der Waals surface area contributed by atoms with Crippen LogP contribution >= 0.6 is 0 Å². The monoisotopic (exact) mass is 464 g/mol. The Bertz CT molecular complexity index is 1070. The number of anilines is 1. The van der Waals surface area contributed by atoms with Gasteiger partial charge in [-0.05, 0) is 73.1 Å². The summed E-state index contributed by atoms with van der Waals surface area (Å²) in [7, 11) is -7.34. The molecule has 2 aromatic carbocycles. The van der Waals surface area contributed by atoms with E-state index >= 15 is 0 Å². The van der Waals surface area contributed by atoms with Gasteiger partial charge in [-0.15, -0.1) is 0 Å². The maximum atomic E-state index is 13.0. The van der Waals surface area contributed by atoms with Crippen molar-refractivity contribution in [2.75, 3.05) is 17.8 Å². The van der Waals surface area contributed by atoms with Crippen LogP contribution in [0.1, 0.15) is 45.6 Å². The molecule has 2 atom stereocenters. The number of nitrogens with one attached hydrogen (secondary N) is 1. The highest BCUT2D eigenvalue weighted by Crippen LogP contribution is 2.27. The van der Waals surface area contributed by atoms with Crippen LogP contribution < -0.4 is 4.72 Å². The van der Waals surface area contributed by atoms with Crippen LogP contribution in [0.15, 0.2) is 58.3 Å². The van der Waals surface area contributed by atoms with Gasteiger partial charge in [-0.3, -0.25) is 4.72 Å². The molecular formula is C23H32N2O4S2. The van der Waals surface area contributed by atoms with Gasteiger partial charge < -0.3 is 0 Å². The first-order valence-corrected chi connectivity index (χ1v) is 13.8. The normalized spacial score (nSPS) is 20.5. The maximum Gasteiger partial charge on any atom is 0.261 e. The van der Waals surface area contributed by atoms with Gasteiger partial charge in [0.05, 0.1) is 9.79 Å². The molecule has 1 heterocycles. The average molecular weight is 465 g/mol. The Balaban J connectivity index is 1.72. The second-order valence-electron chi connectivity index (χ2n) is 8.65. The van der Waals surface area contributed by atoms with Crippen LogP contribution in [0.25, 0.3) is 0 Å². The minimum atomic E-state index is -3.74. The van der Waals surface area contributed by atoms with E-state index in [0.717, 1.165) is 31.2 Å². The minimum Gasteiger partial charge on any atom is -0.280 e. The van der Waals surface area contributed by atoms with Crippen molar-refractivity contribution in [2.24, 2.45) is 11.8 Å². The van der Waals surface area contributed by atoms with Crippen molar-refractivity contribution < 1.29 is 16.8 Å². The van der Waals surface area contributed by atoms with Crippen LogP contribution in [0.5, 0.6) is 0 Å². The number of hydrogen-bond acceptors (Lipinski definition) is 4. The number of unbranched alkanes of at least 4 members (excludes halogenated alkanes) is 1. The topological polar surface area (TPSA) is 83.5 Å². The molecule has 0 bridgehead atoms. The zero-order valence-electron chi connectivity index (χ0n) is 18.4. The van der Waals surface area contributed by atoms with E-state index in [2.05, 4.69) is 25.5 Å². The van der Waals surface area contributed by atoms with Gasteiger partial charge in [0.15, 0.2) is 0 Å². The quantitative estimate of drug-likeness (QED) is 0.624. The molecule has 0 radical (unpaired) electrons. The van der Waals surface area contributed by atoms with Gasteiger partial charge in [0.2, 0.25) is 10.0 Å². The van der Waals surface area contributed by atoms with Crippen LogP contribution in [0, 0.1) is 11.8 Å². The number of nitrogens with zero attached hydrogens (tertiary/aromatic N) is 1. The number of aryl methyl sites for hydroxylation is 1. The van der Waals surface area contributed by atoms with Crippen LogP contribution in [-0.4, -0.2) is 34.2 Å². The third-order valence-corrected chi connectivity index (χ3v) is 8.88. The lowest BCUT2D eigenvalue weighted by Crippen LogP contribution is -2.42. The Labute approximate surface area is 186 Å². The molecule has 31 heavy (non-hydrogen) atoms. The van der Waals surface area contributed by atoms with E-state index in [-0.39, 0.29) is 9.79 Å². The van der Waals surface area contributed by atoms with Crippen molar-refractivity contribution in [3.8, 4) is 0 Å². The lowest BCUT2D eigenvalue weighted by Gasteiger charge is -2.34. The fraction of sp³-hybridized carbons (Fsp3) is 0.478. The molecule has 3 rings (SSSR count). The van der Waals surface area contributed by atoms with E-state index in [1.807, 2.05) is 12.1 Å². The lowest BCUT2D eigenvalue weighted by molar-refractivity contribution is 0.222. The predicted molar refractivity (Wildman–Crippen MR) is 124 cm³/mol. The molecule has 6 nitrogen and oxygen atoms in total. The number of sulfonamides is 2. The minimum absolute atomic E-state index is 0.178. The Morgan fingerprint density at radius 3 is 1.97 bits per heavy atom. The SMILES string of the molecule is CCCCc1ccc(S(=O)(=O)Nc2ccc(S(=O)(=O)N3CC(C)CC(C)C3)cc2)cc1. The van der Waals surface area contributed by atoms with E-state index in [4.69, 9.17) is 0 Å². The molecular weight excluding hydrogens is 432 g/mol. The van der Waals surface area contributed by atoms with Crippen molar-refractivity contribution >= 4 is 25.7 Å². The summed E-state index contributed by atoms with van der Waals surface area (Å²) in [5.41, 5.74) is 1.44. The Morgan fingerprint density at radius 1 is 0.871 bits per heavy atom. The Kier molecular flexibility index (Phi) is 7.44. The molecule has 8 heteroatoms. The van der Waals surface area contributed by atoms with E-state index < -0.39 is 20.0 Å².